The largest absolute Gasteiger partial charge is 0.497 e. The van der Waals surface area contributed by atoms with Gasteiger partial charge in [-0.25, -0.2) is 4.98 Å². The van der Waals surface area contributed by atoms with Crippen molar-refractivity contribution in [2.45, 2.75) is 13.0 Å². The van der Waals surface area contributed by atoms with Crippen molar-refractivity contribution in [3.05, 3.63) is 89.2 Å². The lowest BCUT2D eigenvalue weighted by Crippen LogP contribution is -2.27. The second-order valence-electron chi connectivity index (χ2n) is 7.18. The highest BCUT2D eigenvalue weighted by Gasteiger charge is 2.13. The monoisotopic (exact) mass is 449 g/mol. The first-order chi connectivity index (χ1) is 15.7. The van der Waals surface area contributed by atoms with Gasteiger partial charge in [-0.3, -0.25) is 4.79 Å². The summed E-state index contributed by atoms with van der Waals surface area (Å²) in [5, 5.41) is 3.37. The molecule has 32 heavy (non-hydrogen) atoms. The number of benzene rings is 3. The number of hydrogen-bond donors (Lipinski definition) is 1. The number of amides is 1. The molecule has 1 heterocycles. The van der Waals surface area contributed by atoms with Gasteiger partial charge in [0.1, 0.15) is 23.9 Å². The van der Waals surface area contributed by atoms with Gasteiger partial charge in [0, 0.05) is 13.0 Å². The van der Waals surface area contributed by atoms with Crippen LogP contribution in [0.4, 0.5) is 0 Å². The second-order valence-corrected chi connectivity index (χ2v) is 7.59. The van der Waals surface area contributed by atoms with Crippen LogP contribution in [0.25, 0.3) is 11.0 Å². The van der Waals surface area contributed by atoms with Crippen LogP contribution in [-0.2, 0) is 13.0 Å². The number of imidazole rings is 1. The minimum Gasteiger partial charge on any atom is -0.497 e. The van der Waals surface area contributed by atoms with Gasteiger partial charge in [-0.15, -0.1) is 0 Å². The molecule has 0 bridgehead atoms. The summed E-state index contributed by atoms with van der Waals surface area (Å²) in [4.78, 5) is 17.2. The fourth-order valence-electron chi connectivity index (χ4n) is 3.52. The van der Waals surface area contributed by atoms with Gasteiger partial charge in [0.05, 0.1) is 35.3 Å². The Morgan fingerprint density at radius 2 is 1.72 bits per heavy atom. The molecule has 0 fully saturated rings. The summed E-state index contributed by atoms with van der Waals surface area (Å²) in [6, 6.07) is 22.5. The molecule has 0 aliphatic rings. The highest BCUT2D eigenvalue weighted by atomic mass is 35.5. The third kappa shape index (κ3) is 5.03. The summed E-state index contributed by atoms with van der Waals surface area (Å²) in [6.07, 6.45) is 0.591. The molecule has 4 rings (SSSR count). The molecule has 1 amide bonds. The third-order valence-electron chi connectivity index (χ3n) is 5.13. The number of fused-ring (bicyclic) bond motifs is 1. The molecule has 0 saturated carbocycles. The van der Waals surface area contributed by atoms with Crippen LogP contribution < -0.4 is 14.8 Å². The Balaban J connectivity index is 1.41. The van der Waals surface area contributed by atoms with Crippen LogP contribution in [0.3, 0.4) is 0 Å². The molecule has 3 aromatic carbocycles. The van der Waals surface area contributed by atoms with E-state index in [-0.39, 0.29) is 5.91 Å². The summed E-state index contributed by atoms with van der Waals surface area (Å²) in [6.45, 7) is 1.58. The maximum absolute atomic E-state index is 12.4. The van der Waals surface area contributed by atoms with Crippen molar-refractivity contribution in [2.24, 2.45) is 0 Å². The molecule has 6 nitrogen and oxygen atoms in total. The van der Waals surface area contributed by atoms with E-state index >= 15 is 0 Å². The van der Waals surface area contributed by atoms with Gasteiger partial charge in [-0.1, -0.05) is 35.9 Å². The van der Waals surface area contributed by atoms with Crippen LogP contribution in [0.2, 0.25) is 5.02 Å². The van der Waals surface area contributed by atoms with Crippen LogP contribution in [0.15, 0.2) is 72.8 Å². The van der Waals surface area contributed by atoms with E-state index in [9.17, 15) is 4.79 Å². The molecule has 1 aromatic heterocycles. The van der Waals surface area contributed by atoms with Gasteiger partial charge in [-0.05, 0) is 48.5 Å². The predicted octanol–water partition coefficient (Wildman–Crippen LogP) is 4.75. The predicted molar refractivity (Wildman–Crippen MR) is 126 cm³/mol. The van der Waals surface area contributed by atoms with Crippen molar-refractivity contribution in [1.82, 2.24) is 14.9 Å². The lowest BCUT2D eigenvalue weighted by atomic mass is 10.2. The van der Waals surface area contributed by atoms with E-state index in [1.807, 2.05) is 48.5 Å². The fraction of sp³-hybridized carbons (Fsp3) is 0.200. The molecule has 0 atom stereocenters. The van der Waals surface area contributed by atoms with Crippen LogP contribution in [0.1, 0.15) is 16.2 Å². The zero-order valence-corrected chi connectivity index (χ0v) is 18.5. The van der Waals surface area contributed by atoms with Gasteiger partial charge in [0.2, 0.25) is 0 Å². The number of halogens is 1. The SMILES string of the molecule is COc1ccc(OCCn2c(CCNC(=O)c3ccccc3Cl)nc3ccccc32)cc1. The number of para-hydroxylation sites is 2. The maximum atomic E-state index is 12.4. The molecule has 0 aliphatic carbocycles. The summed E-state index contributed by atoms with van der Waals surface area (Å²) in [7, 11) is 1.64. The summed E-state index contributed by atoms with van der Waals surface area (Å²) in [5.41, 5.74) is 2.43. The van der Waals surface area contributed by atoms with Crippen molar-refractivity contribution < 1.29 is 14.3 Å². The average molecular weight is 450 g/mol. The topological polar surface area (TPSA) is 65.4 Å². The van der Waals surface area contributed by atoms with Gasteiger partial charge in [0.15, 0.2) is 0 Å². The maximum Gasteiger partial charge on any atom is 0.252 e. The third-order valence-corrected chi connectivity index (χ3v) is 5.46. The number of methoxy groups -OCH3 is 1. The smallest absolute Gasteiger partial charge is 0.252 e. The Labute approximate surface area is 191 Å². The number of carbonyl (C=O) groups excluding carboxylic acids is 1. The number of aromatic nitrogens is 2. The Hall–Kier alpha value is -3.51. The second kappa shape index (κ2) is 10.2. The molecule has 0 unspecified atom stereocenters. The number of hydrogen-bond acceptors (Lipinski definition) is 4. The van der Waals surface area contributed by atoms with Crippen molar-refractivity contribution in [1.29, 1.82) is 0 Å². The Bertz CT molecular complexity index is 1200. The van der Waals surface area contributed by atoms with E-state index in [1.54, 1.807) is 31.4 Å². The van der Waals surface area contributed by atoms with Crippen LogP contribution in [0.5, 0.6) is 11.5 Å². The zero-order valence-electron chi connectivity index (χ0n) is 17.8. The molecule has 0 radical (unpaired) electrons. The van der Waals surface area contributed by atoms with Gasteiger partial charge < -0.3 is 19.4 Å². The standard InChI is InChI=1S/C25H24ClN3O3/c1-31-18-10-12-19(13-11-18)32-17-16-29-23-9-5-4-8-22(23)28-24(29)14-15-27-25(30)20-6-2-3-7-21(20)26/h2-13H,14-17H2,1H3,(H,27,30). The minimum atomic E-state index is -0.193. The number of nitrogens with zero attached hydrogens (tertiary/aromatic N) is 2. The molecule has 4 aromatic rings. The molecule has 1 N–H and O–H groups in total. The van der Waals surface area contributed by atoms with Crippen molar-refractivity contribution >= 4 is 28.5 Å². The van der Waals surface area contributed by atoms with Gasteiger partial charge in [-0.2, -0.15) is 0 Å². The van der Waals surface area contributed by atoms with Crippen LogP contribution >= 0.6 is 11.6 Å². The van der Waals surface area contributed by atoms with E-state index < -0.39 is 0 Å². The lowest BCUT2D eigenvalue weighted by molar-refractivity contribution is 0.0954. The molecule has 7 heteroatoms. The average Bonchev–Trinajstić information content (AvgIpc) is 3.17. The molecule has 0 saturated heterocycles. The highest BCUT2D eigenvalue weighted by Crippen LogP contribution is 2.19. The van der Waals surface area contributed by atoms with Crippen molar-refractivity contribution in [2.75, 3.05) is 20.3 Å². The Morgan fingerprint density at radius 1 is 1.00 bits per heavy atom. The molecular weight excluding hydrogens is 426 g/mol. The number of nitrogens with one attached hydrogen (secondary N) is 1. The van der Waals surface area contributed by atoms with E-state index in [1.165, 1.54) is 0 Å². The van der Waals surface area contributed by atoms with E-state index in [4.69, 9.17) is 26.1 Å². The van der Waals surface area contributed by atoms with Crippen LogP contribution in [-0.4, -0.2) is 35.7 Å². The zero-order chi connectivity index (χ0) is 22.3. The molecule has 164 valence electrons. The quantitative estimate of drug-likeness (QED) is 0.400. The van der Waals surface area contributed by atoms with Gasteiger partial charge >= 0.3 is 0 Å². The first kappa shape index (κ1) is 21.7. The van der Waals surface area contributed by atoms with E-state index in [2.05, 4.69) is 9.88 Å². The number of rotatable bonds is 9. The van der Waals surface area contributed by atoms with Crippen molar-refractivity contribution in [3.63, 3.8) is 0 Å². The normalized spacial score (nSPS) is 10.8. The molecule has 0 aliphatic heterocycles. The summed E-state index contributed by atoms with van der Waals surface area (Å²) < 4.78 is 13.2. The molecule has 0 spiro atoms. The first-order valence-corrected chi connectivity index (χ1v) is 10.8. The highest BCUT2D eigenvalue weighted by molar-refractivity contribution is 6.33. The molecular formula is C25H24ClN3O3. The number of ether oxygens (including phenoxy) is 2. The summed E-state index contributed by atoms with van der Waals surface area (Å²) in [5.74, 6) is 2.27. The summed E-state index contributed by atoms with van der Waals surface area (Å²) >= 11 is 6.12. The first-order valence-electron chi connectivity index (χ1n) is 10.4. The van der Waals surface area contributed by atoms with Crippen LogP contribution in [0, 0.1) is 0 Å². The van der Waals surface area contributed by atoms with Gasteiger partial charge in [0.25, 0.3) is 5.91 Å². The number of carbonyl (C=O) groups is 1. The van der Waals surface area contributed by atoms with Crippen molar-refractivity contribution in [3.8, 4) is 11.5 Å². The Kier molecular flexibility index (Phi) is 6.92. The van der Waals surface area contributed by atoms with E-state index in [0.29, 0.717) is 36.7 Å². The van der Waals surface area contributed by atoms with E-state index in [0.717, 1.165) is 28.4 Å². The Morgan fingerprint density at radius 3 is 2.50 bits per heavy atom. The lowest BCUT2D eigenvalue weighted by Gasteiger charge is -2.12. The minimum absolute atomic E-state index is 0.193. The fourth-order valence-corrected chi connectivity index (χ4v) is 3.74.